The van der Waals surface area contributed by atoms with Gasteiger partial charge in [0.1, 0.15) is 5.57 Å². The predicted molar refractivity (Wildman–Crippen MR) is 107 cm³/mol. The molecule has 0 bridgehead atoms. The van der Waals surface area contributed by atoms with Gasteiger partial charge in [0.25, 0.3) is 0 Å². The van der Waals surface area contributed by atoms with Gasteiger partial charge in [-0.3, -0.25) is 0 Å². The van der Waals surface area contributed by atoms with Crippen LogP contribution in [0, 0.1) is 0 Å². The second kappa shape index (κ2) is 9.71. The molecule has 1 aromatic heterocycles. The van der Waals surface area contributed by atoms with Crippen LogP contribution >= 0.6 is 0 Å². The number of nitrogens with zero attached hydrogens (tertiary/aromatic N) is 2. The maximum absolute atomic E-state index is 12.1. The van der Waals surface area contributed by atoms with Crippen molar-refractivity contribution in [1.82, 2.24) is 4.98 Å². The maximum atomic E-state index is 12.1. The van der Waals surface area contributed by atoms with Crippen LogP contribution in [0.4, 0.5) is 5.69 Å². The maximum Gasteiger partial charge on any atom is 0.345 e. The number of benzene rings is 1. The van der Waals surface area contributed by atoms with Gasteiger partial charge in [0.2, 0.25) is 0 Å². The number of rotatable bonds is 8. The Morgan fingerprint density at radius 3 is 2.15 bits per heavy atom. The number of pyridine rings is 1. The Hall–Kier alpha value is -2.89. The summed E-state index contributed by atoms with van der Waals surface area (Å²) in [7, 11) is 0. The summed E-state index contributed by atoms with van der Waals surface area (Å²) in [5, 5.41) is 0.991. The molecule has 0 saturated heterocycles. The molecule has 0 atom stereocenters. The summed E-state index contributed by atoms with van der Waals surface area (Å²) in [4.78, 5) is 31.0. The van der Waals surface area contributed by atoms with Crippen molar-refractivity contribution in [3.8, 4) is 0 Å². The van der Waals surface area contributed by atoms with E-state index in [4.69, 9.17) is 9.47 Å². The van der Waals surface area contributed by atoms with Gasteiger partial charge in [0.15, 0.2) is 0 Å². The van der Waals surface area contributed by atoms with E-state index in [0.29, 0.717) is 5.69 Å². The van der Waals surface area contributed by atoms with Crippen molar-refractivity contribution in [2.45, 2.75) is 27.7 Å². The molecule has 27 heavy (non-hydrogen) atoms. The zero-order valence-corrected chi connectivity index (χ0v) is 16.3. The molecule has 0 aliphatic carbocycles. The highest BCUT2D eigenvalue weighted by Gasteiger charge is 2.21. The Morgan fingerprint density at radius 2 is 1.59 bits per heavy atom. The van der Waals surface area contributed by atoms with Crippen LogP contribution in [0.2, 0.25) is 0 Å². The van der Waals surface area contributed by atoms with Gasteiger partial charge in [-0.15, -0.1) is 0 Å². The fourth-order valence-corrected chi connectivity index (χ4v) is 2.76. The summed E-state index contributed by atoms with van der Waals surface area (Å²) in [5.41, 5.74) is 2.25. The zero-order valence-electron chi connectivity index (χ0n) is 16.3. The monoisotopic (exact) mass is 370 g/mol. The Bertz CT molecular complexity index is 821. The number of esters is 2. The van der Waals surface area contributed by atoms with Crippen LogP contribution in [0.5, 0.6) is 0 Å². The summed E-state index contributed by atoms with van der Waals surface area (Å²) < 4.78 is 9.91. The topological polar surface area (TPSA) is 68.7 Å². The Morgan fingerprint density at radius 1 is 0.963 bits per heavy atom. The van der Waals surface area contributed by atoms with Gasteiger partial charge in [0, 0.05) is 24.2 Å². The largest absolute Gasteiger partial charge is 0.462 e. The molecule has 1 heterocycles. The van der Waals surface area contributed by atoms with Crippen LogP contribution in [0.15, 0.2) is 35.9 Å². The van der Waals surface area contributed by atoms with Crippen molar-refractivity contribution in [3.63, 3.8) is 0 Å². The van der Waals surface area contributed by atoms with Gasteiger partial charge in [0.05, 0.1) is 24.4 Å². The fourth-order valence-electron chi connectivity index (χ4n) is 2.76. The first-order chi connectivity index (χ1) is 13.0. The molecule has 1 aromatic carbocycles. The molecular formula is C21H26N2O4. The number of ether oxygens (including phenoxy) is 2. The third-order valence-corrected chi connectivity index (χ3v) is 4.11. The van der Waals surface area contributed by atoms with E-state index in [1.165, 1.54) is 6.08 Å². The average molecular weight is 370 g/mol. The van der Waals surface area contributed by atoms with Gasteiger partial charge in [-0.2, -0.15) is 0 Å². The number of carbonyl (C=O) groups excluding carboxylic acids is 2. The highest BCUT2D eigenvalue weighted by molar-refractivity contribution is 6.17. The van der Waals surface area contributed by atoms with E-state index >= 15 is 0 Å². The molecular weight excluding hydrogens is 344 g/mol. The van der Waals surface area contributed by atoms with Crippen LogP contribution in [0.25, 0.3) is 17.0 Å². The SMILES string of the molecule is CCOC(=O)C(=Cc1ccc2cc(N(CC)CC)ccc2n1)C(=O)OCC. The first-order valence-corrected chi connectivity index (χ1v) is 9.25. The van der Waals surface area contributed by atoms with Gasteiger partial charge in [-0.05, 0) is 58.0 Å². The minimum Gasteiger partial charge on any atom is -0.462 e. The van der Waals surface area contributed by atoms with Gasteiger partial charge < -0.3 is 14.4 Å². The molecule has 0 spiro atoms. The van der Waals surface area contributed by atoms with Crippen molar-refractivity contribution in [2.24, 2.45) is 0 Å². The summed E-state index contributed by atoms with van der Waals surface area (Å²) in [6.07, 6.45) is 1.41. The van der Waals surface area contributed by atoms with Crippen LogP contribution in [-0.2, 0) is 19.1 Å². The molecule has 2 rings (SSSR count). The molecule has 0 N–H and O–H groups in total. The smallest absolute Gasteiger partial charge is 0.345 e. The van der Waals surface area contributed by atoms with E-state index in [2.05, 4.69) is 29.8 Å². The quantitative estimate of drug-likeness (QED) is 0.306. The van der Waals surface area contributed by atoms with Crippen molar-refractivity contribution in [3.05, 3.63) is 41.6 Å². The Labute approximate surface area is 159 Å². The predicted octanol–water partition coefficient (Wildman–Crippen LogP) is 3.59. The lowest BCUT2D eigenvalue weighted by atomic mass is 10.1. The van der Waals surface area contributed by atoms with E-state index in [9.17, 15) is 9.59 Å². The summed E-state index contributed by atoms with van der Waals surface area (Å²) in [5.74, 6) is -1.43. The van der Waals surface area contributed by atoms with Crippen LogP contribution in [-0.4, -0.2) is 43.2 Å². The number of anilines is 1. The molecule has 144 valence electrons. The minimum absolute atomic E-state index is 0.162. The van der Waals surface area contributed by atoms with Crippen LogP contribution in [0.3, 0.4) is 0 Å². The normalized spacial score (nSPS) is 10.4. The van der Waals surface area contributed by atoms with Crippen molar-refractivity contribution < 1.29 is 19.1 Å². The van der Waals surface area contributed by atoms with Crippen LogP contribution < -0.4 is 4.90 Å². The number of hydrogen-bond acceptors (Lipinski definition) is 6. The van der Waals surface area contributed by atoms with E-state index in [-0.39, 0.29) is 18.8 Å². The molecule has 2 aromatic rings. The molecule has 0 unspecified atom stereocenters. The van der Waals surface area contributed by atoms with E-state index in [1.807, 2.05) is 18.2 Å². The first-order valence-electron chi connectivity index (χ1n) is 9.25. The number of aromatic nitrogens is 1. The van der Waals surface area contributed by atoms with E-state index in [0.717, 1.165) is 29.7 Å². The molecule has 0 aliphatic heterocycles. The Balaban J connectivity index is 2.40. The lowest BCUT2D eigenvalue weighted by Gasteiger charge is -2.21. The lowest BCUT2D eigenvalue weighted by Crippen LogP contribution is -2.21. The third-order valence-electron chi connectivity index (χ3n) is 4.11. The molecule has 6 nitrogen and oxygen atoms in total. The fraction of sp³-hybridized carbons (Fsp3) is 0.381. The molecule has 0 fully saturated rings. The van der Waals surface area contributed by atoms with Gasteiger partial charge in [-0.25, -0.2) is 14.6 Å². The molecule has 0 radical (unpaired) electrons. The highest BCUT2D eigenvalue weighted by Crippen LogP contribution is 2.22. The summed E-state index contributed by atoms with van der Waals surface area (Å²) in [6, 6.07) is 9.74. The molecule has 0 amide bonds. The second-order valence-electron chi connectivity index (χ2n) is 5.78. The highest BCUT2D eigenvalue weighted by atomic mass is 16.6. The van der Waals surface area contributed by atoms with E-state index < -0.39 is 11.9 Å². The molecule has 0 saturated carbocycles. The van der Waals surface area contributed by atoms with Crippen LogP contribution in [0.1, 0.15) is 33.4 Å². The third kappa shape index (κ3) is 5.06. The summed E-state index contributed by atoms with van der Waals surface area (Å²) >= 11 is 0. The summed E-state index contributed by atoms with van der Waals surface area (Å²) in [6.45, 7) is 9.81. The van der Waals surface area contributed by atoms with Crippen molar-refractivity contribution in [2.75, 3.05) is 31.2 Å². The molecule has 6 heteroatoms. The van der Waals surface area contributed by atoms with Crippen molar-refractivity contribution >= 4 is 34.6 Å². The van der Waals surface area contributed by atoms with E-state index in [1.54, 1.807) is 19.9 Å². The average Bonchev–Trinajstić information content (AvgIpc) is 2.67. The first kappa shape index (κ1) is 20.4. The Kier molecular flexibility index (Phi) is 7.34. The minimum atomic E-state index is -0.713. The number of hydrogen-bond donors (Lipinski definition) is 0. The number of carbonyl (C=O) groups is 2. The van der Waals surface area contributed by atoms with Gasteiger partial charge >= 0.3 is 11.9 Å². The second-order valence-corrected chi connectivity index (χ2v) is 5.78. The number of fused-ring (bicyclic) bond motifs is 1. The standard InChI is InChI=1S/C21H26N2O4/c1-5-23(6-2)17-11-12-19-15(13-17)9-10-16(22-19)14-18(20(24)26-7-3)21(25)27-8-4/h9-14H,5-8H2,1-4H3. The lowest BCUT2D eigenvalue weighted by molar-refractivity contribution is -0.146. The van der Waals surface area contributed by atoms with Crippen molar-refractivity contribution in [1.29, 1.82) is 0 Å². The van der Waals surface area contributed by atoms with Gasteiger partial charge in [-0.1, -0.05) is 6.07 Å². The zero-order chi connectivity index (χ0) is 19.8. The molecule has 0 aliphatic rings.